The Morgan fingerprint density at radius 3 is 2.88 bits per heavy atom. The average molecular weight is 363 g/mol. The lowest BCUT2D eigenvalue weighted by atomic mass is 9.85. The minimum absolute atomic E-state index is 0.0290. The first-order valence-corrected chi connectivity index (χ1v) is 9.85. The predicted octanol–water partition coefficient (Wildman–Crippen LogP) is 4.07. The molecule has 0 aromatic heterocycles. The van der Waals surface area contributed by atoms with Gasteiger partial charge in [0.15, 0.2) is 0 Å². The quantitative estimate of drug-likeness (QED) is 0.719. The van der Waals surface area contributed by atoms with Gasteiger partial charge in [0, 0.05) is 33.9 Å². The second kappa shape index (κ2) is 7.14. The van der Waals surface area contributed by atoms with Crippen LogP contribution in [0, 0.1) is 17.2 Å². The van der Waals surface area contributed by atoms with Crippen LogP contribution in [-0.4, -0.2) is 11.9 Å². The number of fused-ring (bicyclic) bond motifs is 2. The summed E-state index contributed by atoms with van der Waals surface area (Å²) in [7, 11) is 0. The number of nitrogens with zero attached hydrogens (tertiary/aromatic N) is 1. The highest BCUT2D eigenvalue weighted by atomic mass is 32.2. The zero-order valence-electron chi connectivity index (χ0n) is 14.5. The van der Waals surface area contributed by atoms with Gasteiger partial charge in [-0.3, -0.25) is 4.79 Å². The van der Waals surface area contributed by atoms with E-state index in [-0.39, 0.29) is 17.9 Å². The van der Waals surface area contributed by atoms with Crippen LogP contribution in [0.5, 0.6) is 0 Å². The molecule has 2 atom stereocenters. The molecule has 2 aliphatic rings. The highest BCUT2D eigenvalue weighted by Crippen LogP contribution is 2.43. The predicted molar refractivity (Wildman–Crippen MR) is 103 cm³/mol. The third-order valence-corrected chi connectivity index (χ3v) is 6.44. The van der Waals surface area contributed by atoms with E-state index in [9.17, 15) is 10.1 Å². The Kier molecular flexibility index (Phi) is 4.71. The largest absolute Gasteiger partial charge is 0.328 e. The van der Waals surface area contributed by atoms with Crippen LogP contribution in [0.2, 0.25) is 0 Å². The molecule has 1 aliphatic carbocycles. The van der Waals surface area contributed by atoms with E-state index in [1.807, 2.05) is 18.2 Å². The number of carbonyl (C=O) groups excluding carboxylic acids is 1. The number of rotatable bonds is 2. The average Bonchev–Trinajstić information content (AvgIpc) is 2.66. The third kappa shape index (κ3) is 3.35. The first kappa shape index (κ1) is 17.1. The topological polar surface area (TPSA) is 78.9 Å². The van der Waals surface area contributed by atoms with Crippen LogP contribution in [0.1, 0.15) is 42.4 Å². The molecule has 1 fully saturated rings. The zero-order chi connectivity index (χ0) is 18.1. The summed E-state index contributed by atoms with van der Waals surface area (Å²) in [5.74, 6) is -0.00929. The van der Waals surface area contributed by atoms with Crippen molar-refractivity contribution in [2.45, 2.75) is 47.9 Å². The van der Waals surface area contributed by atoms with E-state index in [0.29, 0.717) is 5.56 Å². The number of hydrogen-bond donors (Lipinski definition) is 2. The van der Waals surface area contributed by atoms with Crippen LogP contribution in [0.3, 0.4) is 0 Å². The molecule has 5 heteroatoms. The van der Waals surface area contributed by atoms with Crippen LogP contribution < -0.4 is 11.1 Å². The van der Waals surface area contributed by atoms with Gasteiger partial charge in [-0.15, -0.1) is 0 Å². The van der Waals surface area contributed by atoms with E-state index in [0.717, 1.165) is 48.3 Å². The number of carbonyl (C=O) groups is 1. The van der Waals surface area contributed by atoms with Gasteiger partial charge in [0.1, 0.15) is 0 Å². The highest BCUT2D eigenvalue weighted by molar-refractivity contribution is 7.99. The molecule has 2 unspecified atom stereocenters. The molecule has 0 radical (unpaired) electrons. The smallest absolute Gasteiger partial charge is 0.227 e. The van der Waals surface area contributed by atoms with Gasteiger partial charge in [0.2, 0.25) is 5.91 Å². The van der Waals surface area contributed by atoms with E-state index < -0.39 is 0 Å². The number of benzene rings is 2. The molecule has 2 aromatic carbocycles. The van der Waals surface area contributed by atoms with Crippen LogP contribution in [-0.2, 0) is 11.2 Å². The summed E-state index contributed by atoms with van der Waals surface area (Å²) >= 11 is 1.67. The van der Waals surface area contributed by atoms with Crippen molar-refractivity contribution in [3.05, 3.63) is 53.1 Å². The number of nitriles is 1. The first-order valence-electron chi connectivity index (χ1n) is 9.03. The van der Waals surface area contributed by atoms with E-state index in [4.69, 9.17) is 5.73 Å². The van der Waals surface area contributed by atoms with Gasteiger partial charge in [0.05, 0.1) is 11.6 Å². The maximum atomic E-state index is 12.8. The summed E-state index contributed by atoms with van der Waals surface area (Å²) in [4.78, 5) is 15.1. The molecule has 3 N–H and O–H groups in total. The Hall–Kier alpha value is -2.29. The molecule has 2 aromatic rings. The Morgan fingerprint density at radius 1 is 1.23 bits per heavy atom. The number of anilines is 1. The summed E-state index contributed by atoms with van der Waals surface area (Å²) in [6.45, 7) is 0. The minimum Gasteiger partial charge on any atom is -0.328 e. The van der Waals surface area contributed by atoms with Gasteiger partial charge in [-0.2, -0.15) is 5.26 Å². The third-order valence-electron chi connectivity index (χ3n) is 5.24. The van der Waals surface area contributed by atoms with E-state index in [2.05, 4.69) is 23.5 Å². The second-order valence-electron chi connectivity index (χ2n) is 7.11. The van der Waals surface area contributed by atoms with Gasteiger partial charge in [0.25, 0.3) is 0 Å². The van der Waals surface area contributed by atoms with Crippen LogP contribution in [0.15, 0.2) is 46.2 Å². The SMILES string of the molecule is N#Cc1cc(NC(=O)C2CCCC(N)C2)c2c(c1)Sc1ccccc1C2. The Labute approximate surface area is 157 Å². The van der Waals surface area contributed by atoms with Crippen LogP contribution in [0.4, 0.5) is 5.69 Å². The number of nitrogens with one attached hydrogen (secondary N) is 1. The Morgan fingerprint density at radius 2 is 2.08 bits per heavy atom. The Bertz CT molecular complexity index is 903. The molecule has 0 bridgehead atoms. The van der Waals surface area contributed by atoms with E-state index in [1.165, 1.54) is 10.5 Å². The van der Waals surface area contributed by atoms with Crippen molar-refractivity contribution >= 4 is 23.4 Å². The number of amides is 1. The number of hydrogen-bond acceptors (Lipinski definition) is 4. The summed E-state index contributed by atoms with van der Waals surface area (Å²) in [5.41, 5.74) is 9.74. The molecule has 26 heavy (non-hydrogen) atoms. The molecule has 132 valence electrons. The maximum Gasteiger partial charge on any atom is 0.227 e. The van der Waals surface area contributed by atoms with Crippen molar-refractivity contribution in [3.8, 4) is 6.07 Å². The number of nitrogens with two attached hydrogens (primary N) is 1. The van der Waals surface area contributed by atoms with Crippen molar-refractivity contribution < 1.29 is 4.79 Å². The lowest BCUT2D eigenvalue weighted by Gasteiger charge is -2.27. The lowest BCUT2D eigenvalue weighted by Crippen LogP contribution is -2.34. The molecule has 1 amide bonds. The van der Waals surface area contributed by atoms with Gasteiger partial charge < -0.3 is 11.1 Å². The van der Waals surface area contributed by atoms with E-state index >= 15 is 0 Å². The molecule has 0 spiro atoms. The van der Waals surface area contributed by atoms with E-state index in [1.54, 1.807) is 17.8 Å². The fraction of sp³-hybridized carbons (Fsp3) is 0.333. The fourth-order valence-corrected chi connectivity index (χ4v) is 5.00. The molecular formula is C21H21N3OS. The molecule has 4 nitrogen and oxygen atoms in total. The van der Waals surface area contributed by atoms with Crippen LogP contribution in [0.25, 0.3) is 0 Å². The molecular weight excluding hydrogens is 342 g/mol. The second-order valence-corrected chi connectivity index (χ2v) is 8.20. The van der Waals surface area contributed by atoms with Crippen molar-refractivity contribution in [1.82, 2.24) is 0 Å². The standard InChI is InChI=1S/C21H21N3OS/c22-12-13-8-18(24-21(25)15-5-3-6-16(23)10-15)17-11-14-4-1-2-7-19(14)26-20(17)9-13/h1-2,4,7-9,15-16H,3,5-6,10-11,23H2,(H,24,25). The highest BCUT2D eigenvalue weighted by Gasteiger charge is 2.27. The van der Waals surface area contributed by atoms with Gasteiger partial charge in [-0.1, -0.05) is 36.4 Å². The summed E-state index contributed by atoms with van der Waals surface area (Å²) in [6.07, 6.45) is 4.39. The molecule has 1 heterocycles. The normalized spacial score (nSPS) is 21.2. The fourth-order valence-electron chi connectivity index (χ4n) is 3.85. The lowest BCUT2D eigenvalue weighted by molar-refractivity contribution is -0.120. The molecule has 1 saturated carbocycles. The van der Waals surface area contributed by atoms with Gasteiger partial charge in [-0.05, 0) is 48.6 Å². The molecule has 4 rings (SSSR count). The molecule has 1 aliphatic heterocycles. The van der Waals surface area contributed by atoms with Gasteiger partial charge in [-0.25, -0.2) is 0 Å². The Balaban J connectivity index is 1.64. The minimum atomic E-state index is -0.0383. The van der Waals surface area contributed by atoms with Crippen molar-refractivity contribution in [3.63, 3.8) is 0 Å². The van der Waals surface area contributed by atoms with Crippen molar-refractivity contribution in [1.29, 1.82) is 5.26 Å². The van der Waals surface area contributed by atoms with Crippen LogP contribution >= 0.6 is 11.8 Å². The summed E-state index contributed by atoms with van der Waals surface area (Å²) < 4.78 is 0. The first-order chi connectivity index (χ1) is 12.6. The monoisotopic (exact) mass is 363 g/mol. The summed E-state index contributed by atoms with van der Waals surface area (Å²) in [5, 5.41) is 12.5. The maximum absolute atomic E-state index is 12.8. The summed E-state index contributed by atoms with van der Waals surface area (Å²) in [6, 6.07) is 14.3. The van der Waals surface area contributed by atoms with Crippen molar-refractivity contribution in [2.75, 3.05) is 5.32 Å². The van der Waals surface area contributed by atoms with Crippen molar-refractivity contribution in [2.24, 2.45) is 11.7 Å². The molecule has 0 saturated heterocycles. The van der Waals surface area contributed by atoms with Gasteiger partial charge >= 0.3 is 0 Å². The zero-order valence-corrected chi connectivity index (χ0v) is 15.3.